The summed E-state index contributed by atoms with van der Waals surface area (Å²) in [6.07, 6.45) is 5.61. The van der Waals surface area contributed by atoms with Gasteiger partial charge in [0, 0.05) is 6.42 Å². The summed E-state index contributed by atoms with van der Waals surface area (Å²) >= 11 is 0. The minimum Gasteiger partial charge on any atom is -0.424 e. The molecule has 4 heteroatoms. The van der Waals surface area contributed by atoms with Crippen LogP contribution in [-0.2, 0) is 0 Å². The van der Waals surface area contributed by atoms with Crippen LogP contribution in [0, 0.1) is 12.3 Å². The monoisotopic (exact) mass is 216 g/mol. The van der Waals surface area contributed by atoms with Gasteiger partial charge in [0.15, 0.2) is 5.58 Å². The maximum absolute atomic E-state index is 9.07. The van der Waals surface area contributed by atoms with Gasteiger partial charge in [-0.05, 0) is 12.1 Å². The first-order valence-corrected chi connectivity index (χ1v) is 5.00. The second-order valence-corrected chi connectivity index (χ2v) is 3.42. The number of terminal acetylenes is 1. The fourth-order valence-corrected chi connectivity index (χ4v) is 1.41. The molecule has 0 saturated heterocycles. The van der Waals surface area contributed by atoms with E-state index >= 15 is 0 Å². The number of para-hydroxylation sites is 2. The lowest BCUT2D eigenvalue weighted by atomic mass is 10.2. The van der Waals surface area contributed by atoms with Crippen molar-refractivity contribution in [1.29, 1.82) is 0 Å². The molecule has 0 radical (unpaired) electrons. The molecule has 82 valence electrons. The zero-order valence-corrected chi connectivity index (χ0v) is 8.68. The van der Waals surface area contributed by atoms with Gasteiger partial charge in [-0.2, -0.15) is 4.98 Å². The van der Waals surface area contributed by atoms with E-state index in [1.807, 2.05) is 24.3 Å². The largest absolute Gasteiger partial charge is 0.424 e. The minimum absolute atomic E-state index is 0.0527. The highest BCUT2D eigenvalue weighted by atomic mass is 16.4. The van der Waals surface area contributed by atoms with E-state index in [0.29, 0.717) is 18.0 Å². The number of aromatic nitrogens is 1. The molecule has 2 rings (SSSR count). The number of rotatable bonds is 4. The van der Waals surface area contributed by atoms with E-state index in [9.17, 15) is 0 Å². The van der Waals surface area contributed by atoms with Gasteiger partial charge in [0.25, 0.3) is 6.01 Å². The third-order valence-corrected chi connectivity index (χ3v) is 2.21. The molecule has 1 atom stereocenters. The molecule has 0 aliphatic rings. The number of aliphatic hydroxyl groups is 1. The average Bonchev–Trinajstić information content (AvgIpc) is 2.70. The number of aliphatic hydroxyl groups excluding tert-OH is 1. The Bertz CT molecular complexity index is 480. The molecule has 0 amide bonds. The summed E-state index contributed by atoms with van der Waals surface area (Å²) < 4.78 is 5.44. The Labute approximate surface area is 93.3 Å². The van der Waals surface area contributed by atoms with E-state index in [-0.39, 0.29) is 12.6 Å². The van der Waals surface area contributed by atoms with Crippen molar-refractivity contribution in [2.45, 2.75) is 12.5 Å². The highest BCUT2D eigenvalue weighted by Crippen LogP contribution is 2.18. The first-order chi connectivity index (χ1) is 7.83. The maximum Gasteiger partial charge on any atom is 0.296 e. The molecule has 16 heavy (non-hydrogen) atoms. The third kappa shape index (κ3) is 2.15. The number of anilines is 1. The van der Waals surface area contributed by atoms with Gasteiger partial charge >= 0.3 is 0 Å². The summed E-state index contributed by atoms with van der Waals surface area (Å²) in [4.78, 5) is 4.23. The molecule has 1 aromatic heterocycles. The number of fused-ring (bicyclic) bond motifs is 1. The van der Waals surface area contributed by atoms with Gasteiger partial charge in [-0.3, -0.25) is 0 Å². The molecule has 4 nitrogen and oxygen atoms in total. The van der Waals surface area contributed by atoms with E-state index in [0.717, 1.165) is 5.52 Å². The van der Waals surface area contributed by atoms with Gasteiger partial charge in [-0.1, -0.05) is 12.1 Å². The quantitative estimate of drug-likeness (QED) is 0.762. The fourth-order valence-electron chi connectivity index (χ4n) is 1.41. The summed E-state index contributed by atoms with van der Waals surface area (Å²) in [5.41, 5.74) is 1.49. The van der Waals surface area contributed by atoms with Crippen molar-refractivity contribution in [2.24, 2.45) is 0 Å². The molecule has 0 spiro atoms. The zero-order chi connectivity index (χ0) is 11.4. The number of hydrogen-bond donors (Lipinski definition) is 2. The van der Waals surface area contributed by atoms with E-state index in [1.54, 1.807) is 0 Å². The molecule has 2 N–H and O–H groups in total. The van der Waals surface area contributed by atoms with Crippen LogP contribution in [-0.4, -0.2) is 22.7 Å². The summed E-state index contributed by atoms with van der Waals surface area (Å²) in [5, 5.41) is 12.0. The third-order valence-electron chi connectivity index (χ3n) is 2.21. The summed E-state index contributed by atoms with van der Waals surface area (Å²) in [6, 6.07) is 7.62. The lowest BCUT2D eigenvalue weighted by Gasteiger charge is -2.10. The predicted octanol–water partition coefficient (Wildman–Crippen LogP) is 1.62. The Morgan fingerprint density at radius 2 is 2.31 bits per heavy atom. The van der Waals surface area contributed by atoms with Crippen molar-refractivity contribution in [3.05, 3.63) is 24.3 Å². The van der Waals surface area contributed by atoms with Gasteiger partial charge in [0.2, 0.25) is 0 Å². The van der Waals surface area contributed by atoms with Crippen molar-refractivity contribution in [2.75, 3.05) is 11.9 Å². The molecule has 2 aromatic rings. The van der Waals surface area contributed by atoms with Crippen LogP contribution in [0.1, 0.15) is 6.42 Å². The molecule has 0 saturated carbocycles. The number of benzene rings is 1. The molecule has 0 aliphatic heterocycles. The molecule has 0 fully saturated rings. The molecule has 1 heterocycles. The Balaban J connectivity index is 2.18. The van der Waals surface area contributed by atoms with Crippen molar-refractivity contribution in [3.63, 3.8) is 0 Å². The topological polar surface area (TPSA) is 58.3 Å². The van der Waals surface area contributed by atoms with Gasteiger partial charge in [0.05, 0.1) is 12.6 Å². The van der Waals surface area contributed by atoms with Crippen LogP contribution >= 0.6 is 0 Å². The Hall–Kier alpha value is -1.99. The second kappa shape index (κ2) is 4.69. The SMILES string of the molecule is C#CC[C@@H](CO)Nc1nc2ccccc2o1. The Kier molecular flexibility index (Phi) is 3.08. The molecule has 0 bridgehead atoms. The van der Waals surface area contributed by atoms with Crippen molar-refractivity contribution < 1.29 is 9.52 Å². The fraction of sp³-hybridized carbons (Fsp3) is 0.250. The predicted molar refractivity (Wildman–Crippen MR) is 62.0 cm³/mol. The van der Waals surface area contributed by atoms with Crippen LogP contribution in [0.3, 0.4) is 0 Å². The molecule has 0 unspecified atom stereocenters. The van der Waals surface area contributed by atoms with Crippen molar-refractivity contribution >= 4 is 17.1 Å². The Morgan fingerprint density at radius 1 is 1.50 bits per heavy atom. The minimum atomic E-state index is -0.224. The number of oxazole rings is 1. The van der Waals surface area contributed by atoms with Gasteiger partial charge in [0.1, 0.15) is 5.52 Å². The second-order valence-electron chi connectivity index (χ2n) is 3.42. The van der Waals surface area contributed by atoms with Crippen LogP contribution in [0.25, 0.3) is 11.1 Å². The molecule has 0 aliphatic carbocycles. The standard InChI is InChI=1S/C12H12N2O2/c1-2-5-9(8-15)13-12-14-10-6-3-4-7-11(10)16-12/h1,3-4,6-7,9,15H,5,8H2,(H,13,14)/t9-/m0/s1. The first kappa shape index (κ1) is 10.5. The number of hydrogen-bond acceptors (Lipinski definition) is 4. The van der Waals surface area contributed by atoms with Gasteiger partial charge < -0.3 is 14.8 Å². The van der Waals surface area contributed by atoms with E-state index in [1.165, 1.54) is 0 Å². The molecule has 1 aromatic carbocycles. The Morgan fingerprint density at radius 3 is 3.00 bits per heavy atom. The summed E-state index contributed by atoms with van der Waals surface area (Å²) in [7, 11) is 0. The van der Waals surface area contributed by atoms with Crippen LogP contribution in [0.5, 0.6) is 0 Å². The van der Waals surface area contributed by atoms with Crippen molar-refractivity contribution in [1.82, 2.24) is 4.98 Å². The lowest BCUT2D eigenvalue weighted by Crippen LogP contribution is -2.23. The average molecular weight is 216 g/mol. The van der Waals surface area contributed by atoms with Crippen LogP contribution in [0.2, 0.25) is 0 Å². The van der Waals surface area contributed by atoms with Crippen LogP contribution in [0.4, 0.5) is 6.01 Å². The zero-order valence-electron chi connectivity index (χ0n) is 8.68. The molecular weight excluding hydrogens is 204 g/mol. The van der Waals surface area contributed by atoms with Crippen LogP contribution in [0.15, 0.2) is 28.7 Å². The van der Waals surface area contributed by atoms with Crippen molar-refractivity contribution in [3.8, 4) is 12.3 Å². The van der Waals surface area contributed by atoms with Crippen LogP contribution < -0.4 is 5.32 Å². The van der Waals surface area contributed by atoms with Gasteiger partial charge in [-0.15, -0.1) is 12.3 Å². The number of nitrogens with one attached hydrogen (secondary N) is 1. The van der Waals surface area contributed by atoms with E-state index < -0.39 is 0 Å². The first-order valence-electron chi connectivity index (χ1n) is 5.00. The van der Waals surface area contributed by atoms with E-state index in [2.05, 4.69) is 16.2 Å². The molecular formula is C12H12N2O2. The number of nitrogens with zero attached hydrogens (tertiary/aromatic N) is 1. The highest BCUT2D eigenvalue weighted by Gasteiger charge is 2.10. The lowest BCUT2D eigenvalue weighted by molar-refractivity contribution is 0.274. The summed E-state index contributed by atoms with van der Waals surface area (Å²) in [6.45, 7) is -0.0527. The summed E-state index contributed by atoms with van der Waals surface area (Å²) in [5.74, 6) is 2.48. The van der Waals surface area contributed by atoms with E-state index in [4.69, 9.17) is 15.9 Å². The smallest absolute Gasteiger partial charge is 0.296 e. The normalized spacial score (nSPS) is 12.2. The van der Waals surface area contributed by atoms with Gasteiger partial charge in [-0.25, -0.2) is 0 Å². The maximum atomic E-state index is 9.07. The highest BCUT2D eigenvalue weighted by molar-refractivity contribution is 5.74.